The number of hydrogen-bond donors (Lipinski definition) is 2. The second-order valence-corrected chi connectivity index (χ2v) is 12.6. The van der Waals surface area contributed by atoms with Gasteiger partial charge in [0.15, 0.2) is 6.23 Å². The average molecular weight is 534 g/mol. The highest BCUT2D eigenvalue weighted by atomic mass is 32.2. The Labute approximate surface area is 222 Å². The molecule has 6 bridgehead atoms. The molecule has 3 aromatic rings. The fourth-order valence-corrected chi connectivity index (χ4v) is 7.29. The van der Waals surface area contributed by atoms with Gasteiger partial charge in [-0.25, -0.2) is 8.42 Å². The van der Waals surface area contributed by atoms with Gasteiger partial charge < -0.3 is 20.8 Å². The molecule has 0 aromatic heterocycles. The van der Waals surface area contributed by atoms with E-state index < -0.39 is 33.6 Å². The fourth-order valence-electron chi connectivity index (χ4n) is 5.75. The van der Waals surface area contributed by atoms with Crippen LogP contribution in [0.25, 0.3) is 5.43 Å². The quantitative estimate of drug-likeness (QED) is 0.490. The van der Waals surface area contributed by atoms with Crippen LogP contribution in [-0.2, 0) is 21.4 Å². The SMILES string of the molecule is Cc1ccc2cc1CN1C[C@H](Oc3ccccc3S1(=O)=O)N1N[N-]c3ccc(c(C)c31)C2C(C)(C)C(=O)O. The summed E-state index contributed by atoms with van der Waals surface area (Å²) in [5.74, 6) is -1.15. The number of rotatable bonds is 2. The Morgan fingerprint density at radius 1 is 1.13 bits per heavy atom. The van der Waals surface area contributed by atoms with Crippen LogP contribution in [0.4, 0.5) is 11.4 Å². The molecule has 0 saturated heterocycles. The number of ether oxygens (including phenoxy) is 1. The van der Waals surface area contributed by atoms with E-state index in [0.717, 1.165) is 33.5 Å². The summed E-state index contributed by atoms with van der Waals surface area (Å²) in [7, 11) is -3.91. The monoisotopic (exact) mass is 533 g/mol. The molecule has 3 aliphatic rings. The summed E-state index contributed by atoms with van der Waals surface area (Å²) in [6.07, 6.45) is -0.735. The number of hydrogen-bond acceptors (Lipinski definition) is 6. The van der Waals surface area contributed by atoms with Crippen molar-refractivity contribution >= 4 is 27.4 Å². The number of aryl methyl sites for hydroxylation is 1. The van der Waals surface area contributed by atoms with Gasteiger partial charge in [-0.3, -0.25) is 9.80 Å². The van der Waals surface area contributed by atoms with Gasteiger partial charge in [0.05, 0.1) is 12.0 Å². The summed E-state index contributed by atoms with van der Waals surface area (Å²) in [5.41, 5.74) is 12.1. The summed E-state index contributed by atoms with van der Waals surface area (Å²) in [4.78, 5) is 12.7. The van der Waals surface area contributed by atoms with Crippen LogP contribution in [0.5, 0.6) is 5.75 Å². The minimum atomic E-state index is -3.91. The molecule has 38 heavy (non-hydrogen) atoms. The van der Waals surface area contributed by atoms with E-state index in [1.54, 1.807) is 43.1 Å². The van der Waals surface area contributed by atoms with Crippen LogP contribution < -0.4 is 15.3 Å². The molecule has 6 rings (SSSR count). The van der Waals surface area contributed by atoms with Gasteiger partial charge in [-0.1, -0.05) is 42.5 Å². The molecule has 9 nitrogen and oxygen atoms in total. The van der Waals surface area contributed by atoms with Gasteiger partial charge in [0.2, 0.25) is 10.0 Å². The van der Waals surface area contributed by atoms with E-state index >= 15 is 0 Å². The Balaban J connectivity index is 1.66. The van der Waals surface area contributed by atoms with E-state index in [1.807, 2.05) is 44.2 Å². The van der Waals surface area contributed by atoms with Gasteiger partial charge in [-0.2, -0.15) is 4.31 Å². The van der Waals surface area contributed by atoms with Crippen molar-refractivity contribution in [1.29, 1.82) is 0 Å². The van der Waals surface area contributed by atoms with Crippen molar-refractivity contribution < 1.29 is 23.1 Å². The normalized spacial score (nSPS) is 23.2. The number of fused-ring (bicyclic) bond motifs is 7. The lowest BCUT2D eigenvalue weighted by Crippen LogP contribution is -2.50. The van der Waals surface area contributed by atoms with Gasteiger partial charge in [0.25, 0.3) is 0 Å². The molecule has 2 unspecified atom stereocenters. The van der Waals surface area contributed by atoms with Crippen molar-refractivity contribution in [2.75, 3.05) is 11.6 Å². The van der Waals surface area contributed by atoms with Crippen LogP contribution in [0, 0.1) is 19.3 Å². The molecule has 2 N–H and O–H groups in total. The van der Waals surface area contributed by atoms with Crippen molar-refractivity contribution in [2.45, 2.75) is 51.3 Å². The average Bonchev–Trinajstić information content (AvgIpc) is 3.26. The van der Waals surface area contributed by atoms with Crippen LogP contribution in [0.2, 0.25) is 0 Å². The third-order valence-electron chi connectivity index (χ3n) is 7.99. The molecule has 0 fully saturated rings. The first kappa shape index (κ1) is 24.7. The topological polar surface area (TPSA) is 113 Å². The van der Waals surface area contributed by atoms with Gasteiger partial charge >= 0.3 is 5.97 Å². The zero-order valence-electron chi connectivity index (χ0n) is 21.6. The van der Waals surface area contributed by atoms with Crippen LogP contribution in [0.3, 0.4) is 0 Å². The van der Waals surface area contributed by atoms with Crippen LogP contribution >= 0.6 is 0 Å². The second-order valence-electron chi connectivity index (χ2n) is 10.7. The Bertz CT molecular complexity index is 1590. The highest BCUT2D eigenvalue weighted by molar-refractivity contribution is 7.89. The number of nitrogens with zero attached hydrogens (tertiary/aromatic N) is 3. The van der Waals surface area contributed by atoms with Crippen molar-refractivity contribution in [1.82, 2.24) is 9.84 Å². The highest BCUT2D eigenvalue weighted by Gasteiger charge is 2.43. The number of sulfonamides is 1. The number of para-hydroxylation sites is 1. The summed E-state index contributed by atoms with van der Waals surface area (Å²) in [6.45, 7) is 7.51. The van der Waals surface area contributed by atoms with E-state index in [-0.39, 0.29) is 23.7 Å². The molecule has 198 valence electrons. The van der Waals surface area contributed by atoms with E-state index in [4.69, 9.17) is 4.74 Å². The largest absolute Gasteiger partial charge is 0.602 e. The summed E-state index contributed by atoms with van der Waals surface area (Å²) in [5, 5.41) is 12.1. The second kappa shape index (κ2) is 8.45. The molecular formula is C28H29N4O5S-. The first-order valence-electron chi connectivity index (χ1n) is 12.5. The van der Waals surface area contributed by atoms with Crippen molar-refractivity contribution in [3.05, 3.63) is 87.8 Å². The summed E-state index contributed by atoms with van der Waals surface area (Å²) < 4.78 is 35.7. The number of nitrogens with one attached hydrogen (secondary N) is 1. The lowest BCUT2D eigenvalue weighted by molar-refractivity contribution is -0.147. The van der Waals surface area contributed by atoms with Crippen LogP contribution in [-0.4, -0.2) is 36.6 Å². The number of anilines is 1. The Morgan fingerprint density at radius 2 is 1.89 bits per heavy atom. The molecule has 0 aliphatic carbocycles. The van der Waals surface area contributed by atoms with Crippen molar-refractivity contribution in [2.24, 2.45) is 5.41 Å². The number of carboxylic acids is 1. The molecule has 3 heterocycles. The first-order chi connectivity index (χ1) is 18.0. The number of carbonyl (C=O) groups is 1. The number of carboxylic acid groups (broad SMARTS) is 1. The molecule has 0 radical (unpaired) electrons. The van der Waals surface area contributed by atoms with Crippen LogP contribution in [0.1, 0.15) is 47.6 Å². The lowest BCUT2D eigenvalue weighted by Gasteiger charge is -2.37. The van der Waals surface area contributed by atoms with E-state index in [2.05, 4.69) is 11.0 Å². The molecule has 3 aromatic carbocycles. The van der Waals surface area contributed by atoms with E-state index in [9.17, 15) is 18.3 Å². The Kier molecular flexibility index (Phi) is 5.50. The summed E-state index contributed by atoms with van der Waals surface area (Å²) in [6, 6.07) is 16.3. The first-order valence-corrected chi connectivity index (χ1v) is 13.9. The molecular weight excluding hydrogens is 504 g/mol. The molecule has 3 atom stereocenters. The minimum Gasteiger partial charge on any atom is -0.602 e. The maximum absolute atomic E-state index is 13.9. The zero-order chi connectivity index (χ0) is 27.0. The maximum Gasteiger partial charge on any atom is 0.310 e. The molecule has 3 aliphatic heterocycles. The molecule has 0 spiro atoms. The Morgan fingerprint density at radius 3 is 2.66 bits per heavy atom. The van der Waals surface area contributed by atoms with Crippen molar-refractivity contribution in [3.63, 3.8) is 0 Å². The number of aliphatic carboxylic acids is 1. The predicted molar refractivity (Wildman–Crippen MR) is 143 cm³/mol. The zero-order valence-corrected chi connectivity index (χ0v) is 22.4. The maximum atomic E-state index is 13.9. The van der Waals surface area contributed by atoms with Gasteiger partial charge in [0, 0.05) is 18.2 Å². The molecule has 0 saturated carbocycles. The molecule has 10 heteroatoms. The van der Waals surface area contributed by atoms with Gasteiger partial charge in [-0.15, -0.1) is 5.69 Å². The lowest BCUT2D eigenvalue weighted by atomic mass is 9.69. The highest BCUT2D eigenvalue weighted by Crippen LogP contribution is 2.49. The Hall–Kier alpha value is -3.60. The molecule has 0 amide bonds. The van der Waals surface area contributed by atoms with E-state index in [1.165, 1.54) is 4.31 Å². The minimum absolute atomic E-state index is 0.0519. The fraction of sp³-hybridized carbons (Fsp3) is 0.321. The number of hydrazine groups is 1. The van der Waals surface area contributed by atoms with Crippen LogP contribution in [0.15, 0.2) is 59.5 Å². The standard InChI is InChI=1S/C28H29N4O5S/c1-16-9-10-18-13-19(16)14-31-15-24(37-22-7-5-6-8-23(22)38(31,35)36)32-26-17(2)20(11-12-21(26)29-30-32)25(18)28(3,4)27(33)34/h5-13,24-25,30H,14-15H2,1-4H3,(H,33,34)/q-1/t24-,25?/m0/s1. The third kappa shape index (κ3) is 3.58. The number of benzene rings is 3. The predicted octanol–water partition coefficient (Wildman–Crippen LogP) is 4.71. The van der Waals surface area contributed by atoms with Gasteiger partial charge in [0.1, 0.15) is 10.6 Å². The van der Waals surface area contributed by atoms with Crippen molar-refractivity contribution in [3.8, 4) is 5.75 Å². The van der Waals surface area contributed by atoms with E-state index in [0.29, 0.717) is 5.69 Å². The smallest absolute Gasteiger partial charge is 0.310 e. The third-order valence-corrected chi connectivity index (χ3v) is 9.84. The van der Waals surface area contributed by atoms with Gasteiger partial charge in [-0.05, 0) is 67.6 Å². The summed E-state index contributed by atoms with van der Waals surface area (Å²) >= 11 is 0.